The van der Waals surface area contributed by atoms with Gasteiger partial charge < -0.3 is 14.8 Å². The summed E-state index contributed by atoms with van der Waals surface area (Å²) in [7, 11) is 1.64. The van der Waals surface area contributed by atoms with E-state index in [9.17, 15) is 4.39 Å². The molecule has 0 saturated carbocycles. The summed E-state index contributed by atoms with van der Waals surface area (Å²) in [6.45, 7) is 3.63. The highest BCUT2D eigenvalue weighted by molar-refractivity contribution is 5.40. The lowest BCUT2D eigenvalue weighted by atomic mass is 10.2. The average Bonchev–Trinajstić information content (AvgIpc) is 2.49. The van der Waals surface area contributed by atoms with Gasteiger partial charge in [-0.1, -0.05) is 12.1 Å². The lowest BCUT2D eigenvalue weighted by Gasteiger charge is -2.13. The number of halogens is 1. The zero-order chi connectivity index (χ0) is 15.1. The van der Waals surface area contributed by atoms with Crippen molar-refractivity contribution in [3.8, 4) is 11.5 Å². The number of para-hydroxylation sites is 1. The molecule has 0 aliphatic rings. The molecule has 0 amide bonds. The van der Waals surface area contributed by atoms with Crippen molar-refractivity contribution in [1.29, 1.82) is 0 Å². The van der Waals surface area contributed by atoms with Crippen LogP contribution in [0.4, 0.5) is 4.39 Å². The van der Waals surface area contributed by atoms with Crippen LogP contribution in [0.3, 0.4) is 0 Å². The SMILES string of the molecule is COCCNCc1cccc(F)c1Oc1cccnc1C. The highest BCUT2D eigenvalue weighted by Crippen LogP contribution is 2.29. The number of nitrogens with zero attached hydrogens (tertiary/aromatic N) is 1. The number of aryl methyl sites for hydroxylation is 1. The Morgan fingerprint density at radius 2 is 2.10 bits per heavy atom. The van der Waals surface area contributed by atoms with E-state index >= 15 is 0 Å². The standard InChI is InChI=1S/C16H19FN2O2/c1-12-15(7-4-8-19-12)21-16-13(5-3-6-14(16)17)11-18-9-10-20-2/h3-8,18H,9-11H2,1-2H3. The molecule has 112 valence electrons. The van der Waals surface area contributed by atoms with Gasteiger partial charge in [-0.05, 0) is 25.1 Å². The second kappa shape index (κ2) is 7.71. The second-order valence-electron chi connectivity index (χ2n) is 4.59. The number of hydrogen-bond donors (Lipinski definition) is 1. The minimum Gasteiger partial charge on any atom is -0.452 e. The highest BCUT2D eigenvalue weighted by Gasteiger charge is 2.12. The summed E-state index contributed by atoms with van der Waals surface area (Å²) in [5.41, 5.74) is 1.48. The van der Waals surface area contributed by atoms with Gasteiger partial charge in [-0.15, -0.1) is 0 Å². The van der Waals surface area contributed by atoms with Crippen LogP contribution in [-0.2, 0) is 11.3 Å². The Balaban J connectivity index is 2.16. The minimum absolute atomic E-state index is 0.235. The summed E-state index contributed by atoms with van der Waals surface area (Å²) < 4.78 is 24.7. The van der Waals surface area contributed by atoms with Crippen LogP contribution >= 0.6 is 0 Å². The number of aromatic nitrogens is 1. The van der Waals surface area contributed by atoms with Crippen molar-refractivity contribution in [3.63, 3.8) is 0 Å². The third-order valence-corrected chi connectivity index (χ3v) is 3.02. The Bertz CT molecular complexity index is 590. The first-order valence-corrected chi connectivity index (χ1v) is 6.79. The van der Waals surface area contributed by atoms with E-state index in [0.717, 1.165) is 11.3 Å². The van der Waals surface area contributed by atoms with Crippen LogP contribution < -0.4 is 10.1 Å². The fourth-order valence-corrected chi connectivity index (χ4v) is 1.89. The quantitative estimate of drug-likeness (QED) is 0.796. The number of rotatable bonds is 7. The van der Waals surface area contributed by atoms with Crippen LogP contribution in [0.25, 0.3) is 0 Å². The van der Waals surface area contributed by atoms with Crippen LogP contribution in [0.2, 0.25) is 0 Å². The maximum Gasteiger partial charge on any atom is 0.167 e. The van der Waals surface area contributed by atoms with Crippen LogP contribution in [0.15, 0.2) is 36.5 Å². The van der Waals surface area contributed by atoms with Crippen molar-refractivity contribution < 1.29 is 13.9 Å². The van der Waals surface area contributed by atoms with Gasteiger partial charge in [0.05, 0.1) is 12.3 Å². The van der Waals surface area contributed by atoms with Gasteiger partial charge in [0.25, 0.3) is 0 Å². The fraction of sp³-hybridized carbons (Fsp3) is 0.312. The number of ether oxygens (including phenoxy) is 2. The minimum atomic E-state index is -0.385. The number of pyridine rings is 1. The van der Waals surface area contributed by atoms with Gasteiger partial charge in [-0.3, -0.25) is 4.98 Å². The van der Waals surface area contributed by atoms with E-state index < -0.39 is 0 Å². The molecule has 0 aliphatic heterocycles. The monoisotopic (exact) mass is 290 g/mol. The van der Waals surface area contributed by atoms with E-state index in [-0.39, 0.29) is 11.6 Å². The van der Waals surface area contributed by atoms with E-state index in [1.165, 1.54) is 6.07 Å². The molecule has 2 rings (SSSR count). The predicted molar refractivity (Wildman–Crippen MR) is 79.0 cm³/mol. The Morgan fingerprint density at radius 3 is 2.86 bits per heavy atom. The lowest BCUT2D eigenvalue weighted by Crippen LogP contribution is -2.19. The molecule has 1 aromatic carbocycles. The molecule has 0 radical (unpaired) electrons. The zero-order valence-electron chi connectivity index (χ0n) is 12.2. The molecule has 0 aliphatic carbocycles. The van der Waals surface area contributed by atoms with Gasteiger partial charge in [0.1, 0.15) is 5.75 Å². The van der Waals surface area contributed by atoms with E-state index in [2.05, 4.69) is 10.3 Å². The first-order valence-electron chi connectivity index (χ1n) is 6.79. The van der Waals surface area contributed by atoms with Crippen molar-refractivity contribution in [2.24, 2.45) is 0 Å². The Labute approximate surface area is 123 Å². The molecule has 2 aromatic rings. The van der Waals surface area contributed by atoms with Crippen molar-refractivity contribution in [1.82, 2.24) is 10.3 Å². The van der Waals surface area contributed by atoms with Gasteiger partial charge in [0.15, 0.2) is 11.6 Å². The van der Waals surface area contributed by atoms with Gasteiger partial charge in [-0.25, -0.2) is 4.39 Å². The first-order chi connectivity index (χ1) is 10.2. The Kier molecular flexibility index (Phi) is 5.66. The summed E-state index contributed by atoms with van der Waals surface area (Å²) in [6, 6.07) is 8.44. The van der Waals surface area contributed by atoms with Gasteiger partial charge in [-0.2, -0.15) is 0 Å². The zero-order valence-corrected chi connectivity index (χ0v) is 12.2. The molecular weight excluding hydrogens is 271 g/mol. The molecule has 21 heavy (non-hydrogen) atoms. The molecule has 0 saturated heterocycles. The third kappa shape index (κ3) is 4.24. The molecule has 1 N–H and O–H groups in total. The number of nitrogens with one attached hydrogen (secondary N) is 1. The summed E-state index contributed by atoms with van der Waals surface area (Å²) in [6.07, 6.45) is 1.68. The van der Waals surface area contributed by atoms with Crippen LogP contribution in [-0.4, -0.2) is 25.2 Å². The molecule has 0 bridgehead atoms. The van der Waals surface area contributed by atoms with Crippen molar-refractivity contribution >= 4 is 0 Å². The molecule has 0 spiro atoms. The predicted octanol–water partition coefficient (Wildman–Crippen LogP) is 3.06. The van der Waals surface area contributed by atoms with Crippen LogP contribution in [0.1, 0.15) is 11.3 Å². The highest BCUT2D eigenvalue weighted by atomic mass is 19.1. The molecule has 5 heteroatoms. The number of benzene rings is 1. The van der Waals surface area contributed by atoms with Gasteiger partial charge in [0, 0.05) is 32.0 Å². The fourth-order valence-electron chi connectivity index (χ4n) is 1.89. The summed E-state index contributed by atoms with van der Waals surface area (Å²) in [5, 5.41) is 3.18. The summed E-state index contributed by atoms with van der Waals surface area (Å²) in [5.74, 6) is 0.406. The van der Waals surface area contributed by atoms with E-state index in [0.29, 0.717) is 25.4 Å². The largest absolute Gasteiger partial charge is 0.452 e. The van der Waals surface area contributed by atoms with Gasteiger partial charge >= 0.3 is 0 Å². The van der Waals surface area contributed by atoms with E-state index in [1.807, 2.05) is 13.0 Å². The summed E-state index contributed by atoms with van der Waals surface area (Å²) >= 11 is 0. The Morgan fingerprint density at radius 1 is 1.24 bits per heavy atom. The normalized spacial score (nSPS) is 10.6. The van der Waals surface area contributed by atoms with Gasteiger partial charge in [0.2, 0.25) is 0 Å². The molecule has 1 heterocycles. The molecule has 0 unspecified atom stereocenters. The average molecular weight is 290 g/mol. The topological polar surface area (TPSA) is 43.4 Å². The van der Waals surface area contributed by atoms with Crippen LogP contribution in [0.5, 0.6) is 11.5 Å². The molecule has 1 aromatic heterocycles. The molecule has 4 nitrogen and oxygen atoms in total. The second-order valence-corrected chi connectivity index (χ2v) is 4.59. The summed E-state index contributed by atoms with van der Waals surface area (Å²) in [4.78, 5) is 4.14. The van der Waals surface area contributed by atoms with E-state index in [1.54, 1.807) is 31.5 Å². The molecule has 0 fully saturated rings. The first kappa shape index (κ1) is 15.4. The number of methoxy groups -OCH3 is 1. The smallest absolute Gasteiger partial charge is 0.167 e. The lowest BCUT2D eigenvalue weighted by molar-refractivity contribution is 0.199. The molecule has 0 atom stereocenters. The Hall–Kier alpha value is -1.98. The van der Waals surface area contributed by atoms with Crippen LogP contribution in [0, 0.1) is 12.7 Å². The molecular formula is C16H19FN2O2. The maximum atomic E-state index is 14.0. The maximum absolute atomic E-state index is 14.0. The third-order valence-electron chi connectivity index (χ3n) is 3.02. The van der Waals surface area contributed by atoms with E-state index in [4.69, 9.17) is 9.47 Å². The van der Waals surface area contributed by atoms with Crippen molar-refractivity contribution in [2.75, 3.05) is 20.3 Å². The van der Waals surface area contributed by atoms with Crippen molar-refractivity contribution in [3.05, 3.63) is 53.6 Å². The van der Waals surface area contributed by atoms with Crippen molar-refractivity contribution in [2.45, 2.75) is 13.5 Å². The number of hydrogen-bond acceptors (Lipinski definition) is 4.